The molecule has 2 aromatic rings. The van der Waals surface area contributed by atoms with Gasteiger partial charge in [-0.25, -0.2) is 13.2 Å². The molecule has 0 spiro atoms. The first-order chi connectivity index (χ1) is 8.98. The number of oxazole rings is 1. The summed E-state index contributed by atoms with van der Waals surface area (Å²) in [5.74, 6) is -0.612. The number of nitrogens with zero attached hydrogens (tertiary/aromatic N) is 1. The lowest BCUT2D eigenvalue weighted by atomic mass is 10.3. The first kappa shape index (κ1) is 13.8. The molecule has 1 aromatic heterocycles. The van der Waals surface area contributed by atoms with Crippen LogP contribution in [0.5, 0.6) is 0 Å². The van der Waals surface area contributed by atoms with E-state index in [0.717, 1.165) is 0 Å². The van der Waals surface area contributed by atoms with Crippen molar-refractivity contribution < 1.29 is 12.8 Å². The van der Waals surface area contributed by atoms with Gasteiger partial charge in [-0.3, -0.25) is 4.98 Å². The molecule has 0 bridgehead atoms. The molecule has 1 aromatic carbocycles. The number of aromatic amines is 1. The highest BCUT2D eigenvalue weighted by molar-refractivity contribution is 7.89. The molecule has 0 aliphatic rings. The number of fused-ring (bicyclic) bond motifs is 1. The van der Waals surface area contributed by atoms with Crippen molar-refractivity contribution >= 4 is 21.1 Å². The predicted octanol–water partition coefficient (Wildman–Crippen LogP) is 0.0904. The molecule has 0 aliphatic heterocycles. The minimum Gasteiger partial charge on any atom is -0.408 e. The van der Waals surface area contributed by atoms with E-state index in [9.17, 15) is 13.2 Å². The van der Waals surface area contributed by atoms with Gasteiger partial charge in [0, 0.05) is 25.7 Å². The van der Waals surface area contributed by atoms with E-state index < -0.39 is 15.8 Å². The monoisotopic (exact) mass is 285 g/mol. The van der Waals surface area contributed by atoms with Crippen LogP contribution >= 0.6 is 0 Å². The first-order valence-corrected chi connectivity index (χ1v) is 7.26. The van der Waals surface area contributed by atoms with E-state index in [1.165, 1.54) is 22.5 Å². The zero-order chi connectivity index (χ0) is 14.0. The Kier molecular flexibility index (Phi) is 3.74. The molecule has 104 valence electrons. The van der Waals surface area contributed by atoms with Gasteiger partial charge in [0.05, 0.1) is 10.4 Å². The number of hydrogen-bond donors (Lipinski definition) is 2. The fourth-order valence-electron chi connectivity index (χ4n) is 1.83. The van der Waals surface area contributed by atoms with E-state index in [4.69, 9.17) is 10.2 Å². The van der Waals surface area contributed by atoms with Crippen LogP contribution in [0.2, 0.25) is 0 Å². The highest BCUT2D eigenvalue weighted by Gasteiger charge is 2.23. The van der Waals surface area contributed by atoms with Gasteiger partial charge in [0.1, 0.15) is 0 Å². The summed E-state index contributed by atoms with van der Waals surface area (Å²) in [4.78, 5) is 13.6. The summed E-state index contributed by atoms with van der Waals surface area (Å²) in [7, 11) is -3.62. The maximum Gasteiger partial charge on any atom is 0.417 e. The zero-order valence-electron chi connectivity index (χ0n) is 10.4. The van der Waals surface area contributed by atoms with Gasteiger partial charge in [0.25, 0.3) is 0 Å². The smallest absolute Gasteiger partial charge is 0.408 e. The van der Waals surface area contributed by atoms with Gasteiger partial charge in [-0.05, 0) is 12.1 Å². The third kappa shape index (κ3) is 2.55. The Morgan fingerprint density at radius 1 is 1.42 bits per heavy atom. The quantitative estimate of drug-likeness (QED) is 0.809. The summed E-state index contributed by atoms with van der Waals surface area (Å²) >= 11 is 0. The lowest BCUT2D eigenvalue weighted by Gasteiger charge is -2.19. The standard InChI is InChI=1S/C11H15N3O4S/c1-2-14(6-5-12)19(16,17)8-3-4-9-10(7-8)18-11(15)13-9/h3-4,7H,2,5-6,12H2,1H3,(H,13,15). The van der Waals surface area contributed by atoms with Gasteiger partial charge in [0.2, 0.25) is 10.0 Å². The molecule has 0 amide bonds. The van der Waals surface area contributed by atoms with E-state index in [1.807, 2.05) is 0 Å². The number of nitrogens with one attached hydrogen (secondary N) is 1. The van der Waals surface area contributed by atoms with Crippen molar-refractivity contribution in [2.45, 2.75) is 11.8 Å². The maximum absolute atomic E-state index is 12.3. The van der Waals surface area contributed by atoms with Crippen molar-refractivity contribution in [3.8, 4) is 0 Å². The molecular formula is C11H15N3O4S. The van der Waals surface area contributed by atoms with Gasteiger partial charge < -0.3 is 10.2 Å². The van der Waals surface area contributed by atoms with Crippen LogP contribution in [0, 0.1) is 0 Å². The molecule has 0 radical (unpaired) electrons. The maximum atomic E-state index is 12.3. The second kappa shape index (κ2) is 5.16. The number of rotatable bonds is 5. The highest BCUT2D eigenvalue weighted by atomic mass is 32.2. The first-order valence-electron chi connectivity index (χ1n) is 5.82. The minimum absolute atomic E-state index is 0.0815. The van der Waals surface area contributed by atoms with Crippen molar-refractivity contribution in [3.05, 3.63) is 28.7 Å². The number of H-pyrrole nitrogens is 1. The summed E-state index contributed by atoms with van der Waals surface area (Å²) in [6, 6.07) is 4.27. The van der Waals surface area contributed by atoms with Gasteiger partial charge >= 0.3 is 5.76 Å². The predicted molar refractivity (Wildman–Crippen MR) is 70.3 cm³/mol. The third-order valence-electron chi connectivity index (χ3n) is 2.76. The molecule has 1 heterocycles. The average Bonchev–Trinajstić information content (AvgIpc) is 2.74. The molecule has 0 fully saturated rings. The molecule has 7 nitrogen and oxygen atoms in total. The van der Waals surface area contributed by atoms with Gasteiger partial charge in [-0.1, -0.05) is 6.92 Å². The SMILES string of the molecule is CCN(CCN)S(=O)(=O)c1ccc2[nH]c(=O)oc2c1. The Bertz CT molecular complexity index is 732. The Balaban J connectivity index is 2.50. The molecule has 0 atom stereocenters. The van der Waals surface area contributed by atoms with Gasteiger partial charge in [0.15, 0.2) is 5.58 Å². The number of hydrogen-bond acceptors (Lipinski definition) is 5. The second-order valence-corrected chi connectivity index (χ2v) is 5.90. The van der Waals surface area contributed by atoms with E-state index >= 15 is 0 Å². The van der Waals surface area contributed by atoms with Gasteiger partial charge in [-0.15, -0.1) is 0 Å². The van der Waals surface area contributed by atoms with Crippen LogP contribution in [0.1, 0.15) is 6.92 Å². The number of likely N-dealkylation sites (N-methyl/N-ethyl adjacent to an activating group) is 1. The highest BCUT2D eigenvalue weighted by Crippen LogP contribution is 2.19. The van der Waals surface area contributed by atoms with Crippen LogP contribution in [-0.2, 0) is 10.0 Å². The molecule has 3 N–H and O–H groups in total. The second-order valence-electron chi connectivity index (χ2n) is 3.96. The van der Waals surface area contributed by atoms with Crippen molar-refractivity contribution in [2.75, 3.05) is 19.6 Å². The van der Waals surface area contributed by atoms with Crippen LogP contribution < -0.4 is 11.5 Å². The van der Waals surface area contributed by atoms with Crippen molar-refractivity contribution in [1.29, 1.82) is 0 Å². The molecular weight excluding hydrogens is 270 g/mol. The van der Waals surface area contributed by atoms with Crippen LogP contribution in [0.15, 0.2) is 32.3 Å². The van der Waals surface area contributed by atoms with Crippen LogP contribution in [-0.4, -0.2) is 37.3 Å². The number of benzene rings is 1. The van der Waals surface area contributed by atoms with Crippen molar-refractivity contribution in [2.24, 2.45) is 5.73 Å². The molecule has 0 aliphatic carbocycles. The molecule has 8 heteroatoms. The average molecular weight is 285 g/mol. The molecule has 19 heavy (non-hydrogen) atoms. The fourth-order valence-corrected chi connectivity index (χ4v) is 3.31. The summed E-state index contributed by atoms with van der Waals surface area (Å²) < 4.78 is 30.8. The topological polar surface area (TPSA) is 109 Å². The molecule has 0 unspecified atom stereocenters. The Hall–Kier alpha value is -1.64. The van der Waals surface area contributed by atoms with Crippen LogP contribution in [0.3, 0.4) is 0 Å². The van der Waals surface area contributed by atoms with E-state index in [-0.39, 0.29) is 23.6 Å². The number of aromatic nitrogens is 1. The lowest BCUT2D eigenvalue weighted by molar-refractivity contribution is 0.435. The molecule has 0 saturated heterocycles. The Morgan fingerprint density at radius 3 is 2.79 bits per heavy atom. The number of nitrogens with two attached hydrogens (primary N) is 1. The Labute approximate surface area is 110 Å². The van der Waals surface area contributed by atoms with Crippen LogP contribution in [0.25, 0.3) is 11.1 Å². The van der Waals surface area contributed by atoms with Crippen molar-refractivity contribution in [1.82, 2.24) is 9.29 Å². The summed E-state index contributed by atoms with van der Waals surface area (Å²) in [6.45, 7) is 2.55. The van der Waals surface area contributed by atoms with E-state index in [2.05, 4.69) is 4.98 Å². The fraction of sp³-hybridized carbons (Fsp3) is 0.364. The Morgan fingerprint density at radius 2 is 2.16 bits per heavy atom. The third-order valence-corrected chi connectivity index (χ3v) is 4.73. The van der Waals surface area contributed by atoms with Gasteiger partial charge in [-0.2, -0.15) is 4.31 Å². The minimum atomic E-state index is -3.62. The zero-order valence-corrected chi connectivity index (χ0v) is 11.2. The molecule has 0 saturated carbocycles. The largest absolute Gasteiger partial charge is 0.417 e. The number of sulfonamides is 1. The summed E-state index contributed by atoms with van der Waals surface area (Å²) in [5, 5.41) is 0. The van der Waals surface area contributed by atoms with Crippen molar-refractivity contribution in [3.63, 3.8) is 0 Å². The van der Waals surface area contributed by atoms with Crippen LogP contribution in [0.4, 0.5) is 0 Å². The van der Waals surface area contributed by atoms with E-state index in [1.54, 1.807) is 6.92 Å². The normalized spacial score (nSPS) is 12.4. The molecule has 2 rings (SSSR count). The van der Waals surface area contributed by atoms with E-state index in [0.29, 0.717) is 12.1 Å². The summed E-state index contributed by atoms with van der Waals surface area (Å²) in [5.41, 5.74) is 6.08. The summed E-state index contributed by atoms with van der Waals surface area (Å²) in [6.07, 6.45) is 0. The lowest BCUT2D eigenvalue weighted by Crippen LogP contribution is -2.35.